The van der Waals surface area contributed by atoms with Crippen molar-refractivity contribution in [3.05, 3.63) is 94.5 Å². The van der Waals surface area contributed by atoms with Crippen LogP contribution < -0.4 is 9.46 Å². The topological polar surface area (TPSA) is 55.4 Å². The summed E-state index contributed by atoms with van der Waals surface area (Å²) in [5.74, 6) is 0.704. The third kappa shape index (κ3) is 4.69. The number of nitrogens with one attached hydrogen (secondary N) is 1. The lowest BCUT2D eigenvalue weighted by Gasteiger charge is -2.20. The number of sulfonamides is 1. The zero-order valence-corrected chi connectivity index (χ0v) is 16.6. The lowest BCUT2D eigenvalue weighted by molar-refractivity contribution is 0.414. The maximum atomic E-state index is 12.9. The zero-order valence-electron chi connectivity index (χ0n) is 15.0. The first-order valence-electron chi connectivity index (χ1n) is 8.37. The van der Waals surface area contributed by atoms with Crippen molar-refractivity contribution in [2.24, 2.45) is 0 Å². The molecule has 0 saturated heterocycles. The van der Waals surface area contributed by atoms with Gasteiger partial charge in [0.1, 0.15) is 5.75 Å². The predicted molar refractivity (Wildman–Crippen MR) is 108 cm³/mol. The number of benzene rings is 3. The quantitative estimate of drug-likeness (QED) is 0.649. The van der Waals surface area contributed by atoms with Crippen LogP contribution in [0.3, 0.4) is 0 Å². The number of halogens is 1. The molecule has 1 atom stereocenters. The second-order valence-corrected chi connectivity index (χ2v) is 8.34. The second kappa shape index (κ2) is 8.13. The van der Waals surface area contributed by atoms with Crippen LogP contribution in [0.5, 0.6) is 5.75 Å². The summed E-state index contributed by atoms with van der Waals surface area (Å²) in [7, 11) is -2.12. The van der Waals surface area contributed by atoms with Crippen molar-refractivity contribution in [2.45, 2.75) is 17.9 Å². The first kappa shape index (κ1) is 19.4. The number of aryl methyl sites for hydroxylation is 1. The average Bonchev–Trinajstić information content (AvgIpc) is 2.67. The van der Waals surface area contributed by atoms with Crippen molar-refractivity contribution in [3.63, 3.8) is 0 Å². The van der Waals surface area contributed by atoms with Crippen molar-refractivity contribution >= 4 is 21.6 Å². The Labute approximate surface area is 164 Å². The Morgan fingerprint density at radius 1 is 0.852 bits per heavy atom. The lowest BCUT2D eigenvalue weighted by atomic mass is 10.00. The molecule has 6 heteroatoms. The molecule has 1 unspecified atom stereocenters. The van der Waals surface area contributed by atoms with E-state index in [2.05, 4.69) is 4.72 Å². The molecule has 0 amide bonds. The van der Waals surface area contributed by atoms with Crippen molar-refractivity contribution in [1.29, 1.82) is 0 Å². The summed E-state index contributed by atoms with van der Waals surface area (Å²) in [6, 6.07) is 20.6. The van der Waals surface area contributed by atoms with Crippen LogP contribution in [-0.2, 0) is 10.0 Å². The maximum Gasteiger partial charge on any atom is 0.241 e. The fourth-order valence-electron chi connectivity index (χ4n) is 2.72. The Kier molecular flexibility index (Phi) is 5.85. The summed E-state index contributed by atoms with van der Waals surface area (Å²) in [6.45, 7) is 1.91. The monoisotopic (exact) mass is 401 g/mol. The molecule has 3 aromatic rings. The van der Waals surface area contributed by atoms with Gasteiger partial charge in [0, 0.05) is 5.02 Å². The van der Waals surface area contributed by atoms with Gasteiger partial charge < -0.3 is 4.74 Å². The summed E-state index contributed by atoms with van der Waals surface area (Å²) in [5, 5.41) is 0.591. The molecular weight excluding hydrogens is 382 g/mol. The standard InChI is InChI=1S/C21H20ClNO3S/c1-15-3-13-20(14-4-15)27(24,25)23-21(16-5-9-18(22)10-6-16)17-7-11-19(26-2)12-8-17/h3-14,21,23H,1-2H3. The Balaban J connectivity index is 2.00. The van der Waals surface area contributed by atoms with Gasteiger partial charge in [0.2, 0.25) is 10.0 Å². The normalized spacial score (nSPS) is 12.6. The Bertz CT molecular complexity index is 999. The van der Waals surface area contributed by atoms with E-state index in [1.165, 1.54) is 0 Å². The van der Waals surface area contributed by atoms with Gasteiger partial charge in [0.05, 0.1) is 18.0 Å². The molecule has 0 aliphatic carbocycles. The second-order valence-electron chi connectivity index (χ2n) is 6.19. The molecule has 0 heterocycles. The molecule has 0 saturated carbocycles. The smallest absolute Gasteiger partial charge is 0.241 e. The molecule has 0 spiro atoms. The highest BCUT2D eigenvalue weighted by atomic mass is 35.5. The van der Waals surface area contributed by atoms with Crippen molar-refractivity contribution in [3.8, 4) is 5.75 Å². The molecule has 1 N–H and O–H groups in total. The summed E-state index contributed by atoms with van der Waals surface area (Å²) in [4.78, 5) is 0.223. The van der Waals surface area contributed by atoms with Gasteiger partial charge in [-0.1, -0.05) is 53.6 Å². The number of rotatable bonds is 6. The third-order valence-corrected chi connectivity index (χ3v) is 5.95. The Hall–Kier alpha value is -2.34. The number of hydrogen-bond acceptors (Lipinski definition) is 3. The van der Waals surface area contributed by atoms with Crippen molar-refractivity contribution in [1.82, 2.24) is 4.72 Å². The van der Waals surface area contributed by atoms with E-state index in [-0.39, 0.29) is 4.90 Å². The Morgan fingerprint density at radius 2 is 1.37 bits per heavy atom. The minimum absolute atomic E-state index is 0.223. The van der Waals surface area contributed by atoms with Crippen LogP contribution in [-0.4, -0.2) is 15.5 Å². The van der Waals surface area contributed by atoms with Crippen LogP contribution in [0.4, 0.5) is 0 Å². The van der Waals surface area contributed by atoms with E-state index in [1.807, 2.05) is 31.2 Å². The Morgan fingerprint density at radius 3 is 1.89 bits per heavy atom. The van der Waals surface area contributed by atoms with Gasteiger partial charge in [0.15, 0.2) is 0 Å². The number of methoxy groups -OCH3 is 1. The van der Waals surface area contributed by atoms with E-state index < -0.39 is 16.1 Å². The van der Waals surface area contributed by atoms with Gasteiger partial charge in [-0.2, -0.15) is 4.72 Å². The van der Waals surface area contributed by atoms with Gasteiger partial charge in [0.25, 0.3) is 0 Å². The van der Waals surface area contributed by atoms with Crippen molar-refractivity contribution < 1.29 is 13.2 Å². The number of ether oxygens (including phenoxy) is 1. The highest BCUT2D eigenvalue weighted by Gasteiger charge is 2.23. The molecule has 3 aromatic carbocycles. The van der Waals surface area contributed by atoms with E-state index in [9.17, 15) is 8.42 Å². The predicted octanol–water partition coefficient (Wildman–Crippen LogP) is 4.72. The molecule has 0 aromatic heterocycles. The summed E-state index contributed by atoms with van der Waals surface area (Å²) in [5.41, 5.74) is 2.59. The maximum absolute atomic E-state index is 12.9. The molecule has 0 bridgehead atoms. The van der Waals surface area contributed by atoms with Gasteiger partial charge in [-0.05, 0) is 54.4 Å². The molecule has 27 heavy (non-hydrogen) atoms. The average molecular weight is 402 g/mol. The zero-order chi connectivity index (χ0) is 19.4. The fraction of sp³-hybridized carbons (Fsp3) is 0.143. The van der Waals surface area contributed by atoms with Gasteiger partial charge in [-0.3, -0.25) is 0 Å². The van der Waals surface area contributed by atoms with Crippen LogP contribution in [0.25, 0.3) is 0 Å². The molecule has 0 aliphatic heterocycles. The highest BCUT2D eigenvalue weighted by molar-refractivity contribution is 7.89. The van der Waals surface area contributed by atoms with Crippen LogP contribution in [0.1, 0.15) is 22.7 Å². The first-order valence-corrected chi connectivity index (χ1v) is 10.2. The summed E-state index contributed by atoms with van der Waals surface area (Å²) in [6.07, 6.45) is 0. The van der Waals surface area contributed by atoms with E-state index in [0.29, 0.717) is 10.8 Å². The largest absolute Gasteiger partial charge is 0.497 e. The third-order valence-electron chi connectivity index (χ3n) is 4.26. The lowest BCUT2D eigenvalue weighted by Crippen LogP contribution is -2.29. The van der Waals surface area contributed by atoms with E-state index in [4.69, 9.17) is 16.3 Å². The summed E-state index contributed by atoms with van der Waals surface area (Å²) < 4.78 is 33.9. The van der Waals surface area contributed by atoms with Crippen molar-refractivity contribution in [2.75, 3.05) is 7.11 Å². The van der Waals surface area contributed by atoms with Crippen LogP contribution in [0, 0.1) is 6.92 Å². The number of hydrogen-bond donors (Lipinski definition) is 1. The van der Waals surface area contributed by atoms with Crippen LogP contribution in [0.2, 0.25) is 5.02 Å². The highest BCUT2D eigenvalue weighted by Crippen LogP contribution is 2.27. The minimum Gasteiger partial charge on any atom is -0.497 e. The molecule has 140 valence electrons. The fourth-order valence-corrected chi connectivity index (χ4v) is 4.06. The molecule has 0 radical (unpaired) electrons. The van der Waals surface area contributed by atoms with E-state index >= 15 is 0 Å². The van der Waals surface area contributed by atoms with Crippen LogP contribution in [0.15, 0.2) is 77.7 Å². The summed E-state index contributed by atoms with van der Waals surface area (Å²) >= 11 is 5.99. The molecule has 3 rings (SSSR count). The van der Waals surface area contributed by atoms with Gasteiger partial charge >= 0.3 is 0 Å². The van der Waals surface area contributed by atoms with Crippen LogP contribution >= 0.6 is 11.6 Å². The molecule has 4 nitrogen and oxygen atoms in total. The molecular formula is C21H20ClNO3S. The minimum atomic E-state index is -3.71. The van der Waals surface area contributed by atoms with E-state index in [1.54, 1.807) is 55.6 Å². The molecule has 0 aliphatic rings. The van der Waals surface area contributed by atoms with E-state index in [0.717, 1.165) is 16.7 Å². The molecule has 0 fully saturated rings. The van der Waals surface area contributed by atoms with Gasteiger partial charge in [-0.25, -0.2) is 8.42 Å². The SMILES string of the molecule is COc1ccc(C(NS(=O)(=O)c2ccc(C)cc2)c2ccc(Cl)cc2)cc1. The van der Waals surface area contributed by atoms with Gasteiger partial charge in [-0.15, -0.1) is 0 Å². The first-order chi connectivity index (χ1) is 12.9.